The largest absolute Gasteiger partial charge is 0.383 e. The lowest BCUT2D eigenvalue weighted by atomic mass is 9.58. The van der Waals surface area contributed by atoms with Crippen LogP contribution < -0.4 is 10.9 Å². The maximum Gasteiger partial charge on any atom is 0.283 e. The van der Waals surface area contributed by atoms with Gasteiger partial charge in [0.2, 0.25) is 0 Å². The number of aromatic nitrogens is 1. The molecule has 2 heterocycles. The fourth-order valence-corrected chi connectivity index (χ4v) is 1.64. The van der Waals surface area contributed by atoms with Crippen LogP contribution in [0.2, 0.25) is 0 Å². The Morgan fingerprint density at radius 3 is 2.92 bits per heavy atom. The van der Waals surface area contributed by atoms with Gasteiger partial charge in [0.1, 0.15) is 21.5 Å². The number of aromatic amines is 1. The molecule has 1 aromatic heterocycles. The number of H-pyrrole nitrogens is 1. The standard InChI is InChI=1S/C6H10B2N2O2/c7-6(8)4-3(1-2-9-6)5(11)10-12-4/h9H,1-2,7-8H2,(H,10,11). The minimum absolute atomic E-state index is 0.0837. The van der Waals surface area contributed by atoms with E-state index in [-0.39, 0.29) is 10.9 Å². The van der Waals surface area contributed by atoms with Crippen LogP contribution in [-0.2, 0) is 11.8 Å². The fourth-order valence-electron chi connectivity index (χ4n) is 1.64. The van der Waals surface area contributed by atoms with E-state index in [2.05, 4.69) is 10.5 Å². The lowest BCUT2D eigenvalue weighted by Crippen LogP contribution is -2.48. The summed E-state index contributed by atoms with van der Waals surface area (Å²) in [5.41, 5.74) is 0.707. The van der Waals surface area contributed by atoms with E-state index in [9.17, 15) is 4.79 Å². The van der Waals surface area contributed by atoms with Gasteiger partial charge in [0.15, 0.2) is 0 Å². The molecule has 0 unspecified atom stereocenters. The van der Waals surface area contributed by atoms with E-state index in [1.807, 2.05) is 15.7 Å². The highest BCUT2D eigenvalue weighted by Gasteiger charge is 2.32. The molecule has 0 aromatic carbocycles. The maximum atomic E-state index is 11.2. The Bertz CT molecular complexity index is 355. The third kappa shape index (κ3) is 0.948. The predicted molar refractivity (Wildman–Crippen MR) is 49.8 cm³/mol. The zero-order valence-electron chi connectivity index (χ0n) is 7.23. The molecule has 0 spiro atoms. The molecule has 0 amide bonds. The van der Waals surface area contributed by atoms with E-state index in [1.54, 1.807) is 0 Å². The monoisotopic (exact) mass is 164 g/mol. The highest BCUT2D eigenvalue weighted by Crippen LogP contribution is 2.19. The Morgan fingerprint density at radius 2 is 2.25 bits per heavy atom. The predicted octanol–water partition coefficient (Wildman–Crippen LogP) is -2.51. The van der Waals surface area contributed by atoms with Gasteiger partial charge in [-0.15, -0.1) is 0 Å². The molecule has 2 N–H and O–H groups in total. The average molecular weight is 164 g/mol. The summed E-state index contributed by atoms with van der Waals surface area (Å²) in [5, 5.41) is 5.42. The zero-order valence-corrected chi connectivity index (χ0v) is 7.23. The SMILES string of the molecule is BC1(B)NCCc2c1o[nH]c2=O. The van der Waals surface area contributed by atoms with Crippen molar-refractivity contribution in [2.75, 3.05) is 6.54 Å². The maximum absolute atomic E-state index is 11.2. The number of fused-ring (bicyclic) bond motifs is 1. The van der Waals surface area contributed by atoms with Gasteiger partial charge < -0.3 is 9.84 Å². The van der Waals surface area contributed by atoms with Crippen LogP contribution in [0.4, 0.5) is 0 Å². The fraction of sp³-hybridized carbons (Fsp3) is 0.500. The lowest BCUT2D eigenvalue weighted by molar-refractivity contribution is 0.343. The van der Waals surface area contributed by atoms with Gasteiger partial charge in [0, 0.05) is 5.34 Å². The van der Waals surface area contributed by atoms with Crippen molar-refractivity contribution in [3.05, 3.63) is 21.7 Å². The topological polar surface area (TPSA) is 58.0 Å². The summed E-state index contributed by atoms with van der Waals surface area (Å²) in [6.07, 6.45) is 0.755. The van der Waals surface area contributed by atoms with Crippen LogP contribution >= 0.6 is 0 Å². The zero-order chi connectivity index (χ0) is 8.77. The molecule has 4 nitrogen and oxygen atoms in total. The van der Waals surface area contributed by atoms with Crippen LogP contribution in [0, 0.1) is 0 Å². The van der Waals surface area contributed by atoms with Crippen molar-refractivity contribution in [2.24, 2.45) is 0 Å². The average Bonchev–Trinajstić information content (AvgIpc) is 2.33. The summed E-state index contributed by atoms with van der Waals surface area (Å²) in [7, 11) is 4.00. The minimum Gasteiger partial charge on any atom is -0.383 e. The quantitative estimate of drug-likeness (QED) is 0.416. The summed E-state index contributed by atoms with van der Waals surface area (Å²) in [6, 6.07) is 0. The molecule has 62 valence electrons. The molecule has 1 aliphatic heterocycles. The Morgan fingerprint density at radius 1 is 1.50 bits per heavy atom. The van der Waals surface area contributed by atoms with Crippen LogP contribution in [0.25, 0.3) is 0 Å². The molecular formula is C6H10B2N2O2. The molecule has 0 radical (unpaired) electrons. The van der Waals surface area contributed by atoms with Crippen molar-refractivity contribution in [3.63, 3.8) is 0 Å². The summed E-state index contributed by atoms with van der Waals surface area (Å²) >= 11 is 0. The van der Waals surface area contributed by atoms with Crippen LogP contribution in [0.15, 0.2) is 9.32 Å². The second-order valence-electron chi connectivity index (χ2n) is 3.64. The van der Waals surface area contributed by atoms with E-state index in [0.717, 1.165) is 24.3 Å². The molecule has 0 saturated carbocycles. The van der Waals surface area contributed by atoms with Crippen molar-refractivity contribution >= 4 is 15.7 Å². The second kappa shape index (κ2) is 2.29. The van der Waals surface area contributed by atoms with Crippen LogP contribution in [0.5, 0.6) is 0 Å². The number of nitrogens with one attached hydrogen (secondary N) is 2. The van der Waals surface area contributed by atoms with E-state index >= 15 is 0 Å². The molecule has 1 aliphatic rings. The Balaban J connectivity index is 2.61. The van der Waals surface area contributed by atoms with Crippen molar-refractivity contribution in [2.45, 2.75) is 11.8 Å². The van der Waals surface area contributed by atoms with Crippen molar-refractivity contribution in [1.82, 2.24) is 10.5 Å². The minimum atomic E-state index is -0.216. The molecule has 0 aliphatic carbocycles. The van der Waals surface area contributed by atoms with Gasteiger partial charge in [-0.25, -0.2) is 0 Å². The van der Waals surface area contributed by atoms with E-state index in [4.69, 9.17) is 4.52 Å². The van der Waals surface area contributed by atoms with Gasteiger partial charge in [-0.3, -0.25) is 4.79 Å². The molecule has 2 rings (SSSR count). The molecule has 1 aromatic rings. The van der Waals surface area contributed by atoms with Gasteiger partial charge in [0.25, 0.3) is 5.56 Å². The van der Waals surface area contributed by atoms with Crippen molar-refractivity contribution < 1.29 is 4.52 Å². The van der Waals surface area contributed by atoms with Crippen LogP contribution in [0.1, 0.15) is 11.3 Å². The highest BCUT2D eigenvalue weighted by atomic mass is 16.5. The number of hydrogen-bond donors (Lipinski definition) is 2. The van der Waals surface area contributed by atoms with Crippen LogP contribution in [0.3, 0.4) is 0 Å². The first kappa shape index (κ1) is 7.73. The van der Waals surface area contributed by atoms with Gasteiger partial charge in [-0.05, 0) is 13.0 Å². The van der Waals surface area contributed by atoms with E-state index in [1.165, 1.54) is 0 Å². The molecule has 6 heteroatoms. The second-order valence-corrected chi connectivity index (χ2v) is 3.64. The Kier molecular flexibility index (Phi) is 1.48. The normalized spacial score (nSPS) is 20.3. The molecule has 0 atom stereocenters. The Hall–Kier alpha value is -0.900. The van der Waals surface area contributed by atoms with E-state index in [0.29, 0.717) is 0 Å². The first-order valence-corrected chi connectivity index (χ1v) is 4.07. The summed E-state index contributed by atoms with van der Waals surface area (Å²) in [6.45, 7) is 0.836. The third-order valence-electron chi connectivity index (χ3n) is 2.30. The smallest absolute Gasteiger partial charge is 0.283 e. The highest BCUT2D eigenvalue weighted by molar-refractivity contribution is 6.39. The molecule has 12 heavy (non-hydrogen) atoms. The number of hydrogen-bond acceptors (Lipinski definition) is 3. The van der Waals surface area contributed by atoms with Crippen LogP contribution in [-0.4, -0.2) is 27.4 Å². The molecule has 0 bridgehead atoms. The van der Waals surface area contributed by atoms with E-state index < -0.39 is 0 Å². The van der Waals surface area contributed by atoms with Gasteiger partial charge >= 0.3 is 0 Å². The van der Waals surface area contributed by atoms with Crippen molar-refractivity contribution in [1.29, 1.82) is 0 Å². The summed E-state index contributed by atoms with van der Waals surface area (Å²) in [4.78, 5) is 11.2. The summed E-state index contributed by atoms with van der Waals surface area (Å²) in [5.74, 6) is 0.749. The van der Waals surface area contributed by atoms with Crippen molar-refractivity contribution in [3.8, 4) is 0 Å². The molecular weight excluding hydrogens is 154 g/mol. The summed E-state index contributed by atoms with van der Waals surface area (Å²) < 4.78 is 5.10. The Labute approximate surface area is 71.5 Å². The molecule has 0 saturated heterocycles. The van der Waals surface area contributed by atoms with Gasteiger partial charge in [-0.1, -0.05) is 0 Å². The van der Waals surface area contributed by atoms with Gasteiger partial charge in [0.05, 0.1) is 5.56 Å². The molecule has 0 fully saturated rings. The number of rotatable bonds is 0. The third-order valence-corrected chi connectivity index (χ3v) is 2.30. The lowest BCUT2D eigenvalue weighted by Gasteiger charge is -2.28. The first-order chi connectivity index (χ1) is 5.61. The van der Waals surface area contributed by atoms with Gasteiger partial charge in [-0.2, -0.15) is 5.16 Å². The first-order valence-electron chi connectivity index (χ1n) is 4.07.